The second kappa shape index (κ2) is 5.93. The summed E-state index contributed by atoms with van der Waals surface area (Å²) in [5.41, 5.74) is 0.821. The van der Waals surface area contributed by atoms with Crippen LogP contribution in [0.25, 0.3) is 0 Å². The Kier molecular flexibility index (Phi) is 4.50. The van der Waals surface area contributed by atoms with Crippen LogP contribution in [0.5, 0.6) is 0 Å². The molecule has 0 aromatic heterocycles. The Morgan fingerprint density at radius 3 is 2.61 bits per heavy atom. The van der Waals surface area contributed by atoms with E-state index in [-0.39, 0.29) is 6.04 Å². The summed E-state index contributed by atoms with van der Waals surface area (Å²) in [4.78, 5) is 2.19. The number of hydrogen-bond acceptors (Lipinski definition) is 2. The van der Waals surface area contributed by atoms with Gasteiger partial charge in [-0.2, -0.15) is 5.26 Å². The standard InChI is InChI=1S/C14H16Cl2N2/c1-10-5-7-18(8-6-10)13(9-17)11-3-2-4-12(15)14(11)16/h2-4,10,13H,5-8H2,1H3. The van der Waals surface area contributed by atoms with E-state index in [1.54, 1.807) is 6.07 Å². The predicted molar refractivity (Wildman–Crippen MR) is 74.8 cm³/mol. The van der Waals surface area contributed by atoms with Crippen LogP contribution in [0.1, 0.15) is 31.4 Å². The molecule has 1 fully saturated rings. The Bertz CT molecular complexity index is 459. The van der Waals surface area contributed by atoms with Crippen LogP contribution < -0.4 is 0 Å². The maximum absolute atomic E-state index is 9.42. The molecule has 2 nitrogen and oxygen atoms in total. The van der Waals surface area contributed by atoms with E-state index < -0.39 is 0 Å². The summed E-state index contributed by atoms with van der Waals surface area (Å²) in [6.07, 6.45) is 2.27. The number of likely N-dealkylation sites (tertiary alicyclic amines) is 1. The highest BCUT2D eigenvalue weighted by Gasteiger charge is 2.26. The van der Waals surface area contributed by atoms with E-state index in [2.05, 4.69) is 17.9 Å². The minimum atomic E-state index is -0.288. The van der Waals surface area contributed by atoms with Crippen molar-refractivity contribution >= 4 is 23.2 Å². The zero-order chi connectivity index (χ0) is 13.1. The van der Waals surface area contributed by atoms with E-state index in [0.717, 1.165) is 37.4 Å². The maximum atomic E-state index is 9.42. The molecule has 0 N–H and O–H groups in total. The van der Waals surface area contributed by atoms with E-state index >= 15 is 0 Å². The van der Waals surface area contributed by atoms with Gasteiger partial charge in [-0.3, -0.25) is 4.90 Å². The summed E-state index contributed by atoms with van der Waals surface area (Å²) in [5, 5.41) is 10.4. The van der Waals surface area contributed by atoms with Crippen molar-refractivity contribution in [3.63, 3.8) is 0 Å². The number of rotatable bonds is 2. The molecule has 1 heterocycles. The molecule has 0 radical (unpaired) electrons. The number of benzene rings is 1. The largest absolute Gasteiger partial charge is 0.284 e. The molecule has 1 unspecified atom stereocenters. The van der Waals surface area contributed by atoms with Crippen molar-refractivity contribution in [2.45, 2.75) is 25.8 Å². The highest BCUT2D eigenvalue weighted by atomic mass is 35.5. The topological polar surface area (TPSA) is 27.0 Å². The lowest BCUT2D eigenvalue weighted by molar-refractivity contribution is 0.165. The van der Waals surface area contributed by atoms with Gasteiger partial charge in [0.15, 0.2) is 0 Å². The predicted octanol–water partition coefficient (Wildman–Crippen LogP) is 4.29. The van der Waals surface area contributed by atoms with Gasteiger partial charge in [-0.1, -0.05) is 42.3 Å². The molecule has 1 aliphatic heterocycles. The average molecular weight is 283 g/mol. The third-order valence-electron chi connectivity index (χ3n) is 3.58. The van der Waals surface area contributed by atoms with Gasteiger partial charge in [-0.15, -0.1) is 0 Å². The lowest BCUT2D eigenvalue weighted by Crippen LogP contribution is -2.35. The van der Waals surface area contributed by atoms with Crippen LogP contribution in [0.4, 0.5) is 0 Å². The van der Waals surface area contributed by atoms with Gasteiger partial charge in [0.25, 0.3) is 0 Å². The van der Waals surface area contributed by atoms with Crippen molar-refractivity contribution in [3.05, 3.63) is 33.8 Å². The fourth-order valence-corrected chi connectivity index (χ4v) is 2.78. The summed E-state index contributed by atoms with van der Waals surface area (Å²) in [7, 11) is 0. The van der Waals surface area contributed by atoms with Gasteiger partial charge >= 0.3 is 0 Å². The maximum Gasteiger partial charge on any atom is 0.125 e. The normalized spacial score (nSPS) is 19.4. The summed E-state index contributed by atoms with van der Waals surface area (Å²) in [5.74, 6) is 0.746. The van der Waals surface area contributed by atoms with Crippen LogP contribution in [0.15, 0.2) is 18.2 Å². The molecule has 1 aromatic rings. The summed E-state index contributed by atoms with van der Waals surface area (Å²) >= 11 is 12.2. The van der Waals surface area contributed by atoms with Crippen molar-refractivity contribution in [2.75, 3.05) is 13.1 Å². The molecule has 1 atom stereocenters. The number of piperidine rings is 1. The number of hydrogen-bond donors (Lipinski definition) is 0. The molecule has 0 saturated carbocycles. The van der Waals surface area contributed by atoms with Crippen molar-refractivity contribution in [1.82, 2.24) is 4.90 Å². The molecule has 1 saturated heterocycles. The van der Waals surface area contributed by atoms with Crippen LogP contribution >= 0.6 is 23.2 Å². The first-order valence-corrected chi connectivity index (χ1v) is 6.96. The third-order valence-corrected chi connectivity index (χ3v) is 4.42. The van der Waals surface area contributed by atoms with Gasteiger partial charge < -0.3 is 0 Å². The summed E-state index contributed by atoms with van der Waals surface area (Å²) < 4.78 is 0. The quantitative estimate of drug-likeness (QED) is 0.809. The summed E-state index contributed by atoms with van der Waals surface area (Å²) in [6.45, 7) is 4.15. The zero-order valence-corrected chi connectivity index (χ0v) is 11.9. The van der Waals surface area contributed by atoms with E-state index in [4.69, 9.17) is 23.2 Å². The molecular weight excluding hydrogens is 267 g/mol. The van der Waals surface area contributed by atoms with Crippen LogP contribution in [0.3, 0.4) is 0 Å². The van der Waals surface area contributed by atoms with Crippen LogP contribution in [-0.4, -0.2) is 18.0 Å². The van der Waals surface area contributed by atoms with E-state index in [1.807, 2.05) is 12.1 Å². The monoisotopic (exact) mass is 282 g/mol. The van der Waals surface area contributed by atoms with Gasteiger partial charge in [0, 0.05) is 5.56 Å². The molecule has 0 amide bonds. The molecule has 4 heteroatoms. The molecule has 18 heavy (non-hydrogen) atoms. The first-order chi connectivity index (χ1) is 8.63. The smallest absolute Gasteiger partial charge is 0.125 e. The van der Waals surface area contributed by atoms with Crippen molar-refractivity contribution in [2.24, 2.45) is 5.92 Å². The number of nitriles is 1. The Labute approximate surface area is 118 Å². The van der Waals surface area contributed by atoms with Crippen molar-refractivity contribution in [3.8, 4) is 6.07 Å². The van der Waals surface area contributed by atoms with Crippen molar-refractivity contribution in [1.29, 1.82) is 5.26 Å². The first-order valence-electron chi connectivity index (χ1n) is 6.21. The second-order valence-electron chi connectivity index (χ2n) is 4.89. The van der Waals surface area contributed by atoms with Gasteiger partial charge in [0.2, 0.25) is 0 Å². The minimum absolute atomic E-state index is 0.288. The van der Waals surface area contributed by atoms with E-state index in [9.17, 15) is 5.26 Å². The van der Waals surface area contributed by atoms with Gasteiger partial charge in [-0.25, -0.2) is 0 Å². The molecule has 1 aromatic carbocycles. The Morgan fingerprint density at radius 1 is 1.33 bits per heavy atom. The SMILES string of the molecule is CC1CCN(C(C#N)c2cccc(Cl)c2Cl)CC1. The molecule has 96 valence electrons. The van der Waals surface area contributed by atoms with E-state index in [0.29, 0.717) is 10.0 Å². The van der Waals surface area contributed by atoms with Gasteiger partial charge in [-0.05, 0) is 37.9 Å². The molecule has 0 bridgehead atoms. The molecule has 0 spiro atoms. The fourth-order valence-electron chi connectivity index (χ4n) is 2.37. The van der Waals surface area contributed by atoms with E-state index in [1.165, 1.54) is 0 Å². The zero-order valence-electron chi connectivity index (χ0n) is 10.4. The molecular formula is C14H16Cl2N2. The molecule has 0 aliphatic carbocycles. The molecule has 2 rings (SSSR count). The lowest BCUT2D eigenvalue weighted by atomic mass is 9.96. The number of halogens is 2. The lowest BCUT2D eigenvalue weighted by Gasteiger charge is -2.33. The Morgan fingerprint density at radius 2 is 2.00 bits per heavy atom. The van der Waals surface area contributed by atoms with Crippen LogP contribution in [0, 0.1) is 17.2 Å². The summed E-state index contributed by atoms with van der Waals surface area (Å²) in [6, 6.07) is 7.55. The van der Waals surface area contributed by atoms with Crippen molar-refractivity contribution < 1.29 is 0 Å². The minimum Gasteiger partial charge on any atom is -0.284 e. The van der Waals surface area contributed by atoms with Crippen LogP contribution in [-0.2, 0) is 0 Å². The third kappa shape index (κ3) is 2.80. The van der Waals surface area contributed by atoms with Gasteiger partial charge in [0.05, 0.1) is 16.1 Å². The molecule has 1 aliphatic rings. The fraction of sp³-hybridized carbons (Fsp3) is 0.500. The number of nitrogens with zero attached hydrogens (tertiary/aromatic N) is 2. The Balaban J connectivity index is 2.24. The highest BCUT2D eigenvalue weighted by molar-refractivity contribution is 6.42. The second-order valence-corrected chi connectivity index (χ2v) is 5.68. The Hall–Kier alpha value is -0.750. The first kappa shape index (κ1) is 13.7. The van der Waals surface area contributed by atoms with Gasteiger partial charge in [0.1, 0.15) is 6.04 Å². The average Bonchev–Trinajstić information content (AvgIpc) is 2.37. The van der Waals surface area contributed by atoms with Crippen LogP contribution in [0.2, 0.25) is 10.0 Å². The highest BCUT2D eigenvalue weighted by Crippen LogP contribution is 2.34.